The molecule has 8 saturated carbocycles. The Balaban J connectivity index is 0.000000149. The van der Waals surface area contributed by atoms with Gasteiger partial charge in [-0.15, -0.1) is 0 Å². The van der Waals surface area contributed by atoms with Crippen LogP contribution in [0.15, 0.2) is 158 Å². The fourth-order valence-corrected chi connectivity index (χ4v) is 16.4. The van der Waals surface area contributed by atoms with Gasteiger partial charge in [0.25, 0.3) is 0 Å². The topological polar surface area (TPSA) is 0 Å². The van der Waals surface area contributed by atoms with Crippen LogP contribution in [0.2, 0.25) is 0 Å². The summed E-state index contributed by atoms with van der Waals surface area (Å²) >= 11 is 0. The molecule has 0 aliphatic heterocycles. The van der Waals surface area contributed by atoms with Gasteiger partial charge in [-0.3, -0.25) is 0 Å². The van der Waals surface area contributed by atoms with Crippen molar-refractivity contribution in [1.82, 2.24) is 0 Å². The molecule has 0 heterocycles. The second-order valence-corrected chi connectivity index (χ2v) is 23.9. The Morgan fingerprint density at radius 3 is 0.750 bits per heavy atom. The van der Waals surface area contributed by atoms with E-state index in [1.54, 1.807) is 0 Å². The van der Waals surface area contributed by atoms with Gasteiger partial charge in [0, 0.05) is 44.5 Å². The molecule has 0 nitrogen and oxygen atoms in total. The number of hydrogen-bond donors (Lipinski definition) is 0. The van der Waals surface area contributed by atoms with Crippen LogP contribution in [0.25, 0.3) is 0 Å². The summed E-state index contributed by atoms with van der Waals surface area (Å²) in [4.78, 5) is 0. The third-order valence-electron chi connectivity index (χ3n) is 16.8. The molecule has 6 aromatic rings. The molecular weight excluding hydrogens is 817 g/mol. The van der Waals surface area contributed by atoms with Crippen LogP contribution in [0.3, 0.4) is 0 Å². The van der Waals surface area contributed by atoms with Crippen molar-refractivity contribution < 1.29 is 0 Å². The zero-order valence-corrected chi connectivity index (χ0v) is 40.7. The third kappa shape index (κ3) is 9.38. The zero-order valence-electron chi connectivity index (χ0n) is 40.7. The van der Waals surface area contributed by atoms with Crippen LogP contribution in [-0.4, -0.2) is 0 Å². The highest BCUT2D eigenvalue weighted by Crippen LogP contribution is 2.71. The van der Waals surface area contributed by atoms with Gasteiger partial charge in [-0.25, -0.2) is 0 Å². The van der Waals surface area contributed by atoms with E-state index in [0.717, 1.165) is 56.3 Å². The van der Waals surface area contributed by atoms with E-state index in [1.165, 1.54) is 88.2 Å². The first-order valence-electron chi connectivity index (χ1n) is 25.4. The van der Waals surface area contributed by atoms with Crippen molar-refractivity contribution in [3.63, 3.8) is 0 Å². The van der Waals surface area contributed by atoms with E-state index in [4.69, 9.17) is 0 Å². The standard InChI is InChI=1S/2C34H32/c2*1-32-20-30-21-33(2,23-32)25-34(22-30,24-32)31-18-28(15-13-26-9-5-3-6-10-26)17-29(19-31)16-14-27-11-7-4-8-12-27/h2*3-12,17-19,30H,20-25H2,1-2H3. The van der Waals surface area contributed by atoms with Crippen LogP contribution < -0.4 is 0 Å². The van der Waals surface area contributed by atoms with Crippen molar-refractivity contribution in [1.29, 1.82) is 0 Å². The quantitative estimate of drug-likeness (QED) is 0.152. The third-order valence-corrected chi connectivity index (χ3v) is 16.8. The van der Waals surface area contributed by atoms with E-state index in [-0.39, 0.29) is 10.8 Å². The highest BCUT2D eigenvalue weighted by Gasteiger charge is 2.61. The molecule has 0 N–H and O–H groups in total. The Morgan fingerprint density at radius 1 is 0.279 bits per heavy atom. The first-order chi connectivity index (χ1) is 32.8. The molecule has 8 fully saturated rings. The normalized spacial score (nSPS) is 30.7. The Kier molecular flexibility index (Phi) is 11.2. The van der Waals surface area contributed by atoms with Crippen molar-refractivity contribution >= 4 is 0 Å². The molecule has 0 saturated heterocycles. The Morgan fingerprint density at radius 2 is 0.515 bits per heavy atom. The molecule has 0 radical (unpaired) electrons. The molecule has 4 unspecified atom stereocenters. The van der Waals surface area contributed by atoms with E-state index >= 15 is 0 Å². The summed E-state index contributed by atoms with van der Waals surface area (Å²) in [6.45, 7) is 10.2. The minimum absolute atomic E-state index is 0.274. The van der Waals surface area contributed by atoms with Crippen molar-refractivity contribution in [3.05, 3.63) is 213 Å². The first-order valence-corrected chi connectivity index (χ1v) is 25.4. The van der Waals surface area contributed by atoms with E-state index < -0.39 is 0 Å². The lowest BCUT2D eigenvalue weighted by Crippen LogP contribution is -2.56. The maximum absolute atomic E-state index is 3.47. The van der Waals surface area contributed by atoms with E-state index in [2.05, 4.69) is 160 Å². The molecular formula is C68H64. The molecule has 4 atom stereocenters. The second-order valence-electron chi connectivity index (χ2n) is 23.9. The summed E-state index contributed by atoms with van der Waals surface area (Å²) in [5.41, 5.74) is 14.0. The molecule has 6 aromatic carbocycles. The molecule has 8 aliphatic rings. The number of benzene rings is 6. The average molecular weight is 881 g/mol. The second kappa shape index (κ2) is 17.3. The van der Waals surface area contributed by atoms with Gasteiger partial charge in [-0.2, -0.15) is 0 Å². The van der Waals surface area contributed by atoms with Gasteiger partial charge in [0.05, 0.1) is 0 Å². The highest BCUT2D eigenvalue weighted by atomic mass is 14.7. The zero-order chi connectivity index (χ0) is 46.5. The smallest absolute Gasteiger partial charge is 0.0264 e. The monoisotopic (exact) mass is 881 g/mol. The van der Waals surface area contributed by atoms with E-state index in [9.17, 15) is 0 Å². The van der Waals surface area contributed by atoms with Crippen molar-refractivity contribution in [2.75, 3.05) is 0 Å². The lowest BCUT2D eigenvalue weighted by molar-refractivity contribution is -0.110. The maximum atomic E-state index is 3.47. The first kappa shape index (κ1) is 44.1. The van der Waals surface area contributed by atoms with Crippen molar-refractivity contribution in [2.24, 2.45) is 33.5 Å². The highest BCUT2D eigenvalue weighted by molar-refractivity contribution is 5.55. The molecule has 68 heavy (non-hydrogen) atoms. The van der Waals surface area contributed by atoms with Crippen LogP contribution in [0.4, 0.5) is 0 Å². The van der Waals surface area contributed by atoms with Gasteiger partial charge in [-0.1, -0.05) is 148 Å². The summed E-state index contributed by atoms with van der Waals surface area (Å²) in [7, 11) is 0. The number of hydrogen-bond acceptors (Lipinski definition) is 0. The molecule has 0 heteroatoms. The fourth-order valence-electron chi connectivity index (χ4n) is 16.4. The molecule has 0 amide bonds. The fraction of sp³-hybridized carbons (Fsp3) is 0.353. The summed E-state index contributed by atoms with van der Waals surface area (Å²) < 4.78 is 0. The lowest BCUT2D eigenvalue weighted by Gasteiger charge is -2.65. The Labute approximate surface area is 407 Å². The van der Waals surface area contributed by atoms with Crippen molar-refractivity contribution in [2.45, 2.75) is 116 Å². The molecule has 14 rings (SSSR count). The Hall–Kier alpha value is -6.44. The molecule has 0 spiro atoms. The number of rotatable bonds is 2. The van der Waals surface area contributed by atoms with E-state index in [0.29, 0.717) is 21.7 Å². The SMILES string of the molecule is CC12CC3CC(C)(C1)CC(c1cc(C#Cc4ccccc4)cc(C#Cc4ccccc4)c1)(C3)C2.CC12CC3CC(C)(C1)CC(c1cc(C#Cc4ccccc4)cc(C#Cc4ccccc4)c1)(C3)C2. The predicted octanol–water partition coefficient (Wildman–Crippen LogP) is 15.5. The minimum Gasteiger partial charge on any atom is -0.0622 e. The van der Waals surface area contributed by atoms with E-state index in [1.807, 2.05) is 72.8 Å². The van der Waals surface area contributed by atoms with Crippen LogP contribution in [0.1, 0.15) is 160 Å². The molecule has 0 aromatic heterocycles. The molecule has 8 aliphatic carbocycles. The largest absolute Gasteiger partial charge is 0.0622 e. The molecule has 336 valence electrons. The van der Waals surface area contributed by atoms with Gasteiger partial charge in [-0.05, 0) is 217 Å². The summed E-state index contributed by atoms with van der Waals surface area (Å²) in [5, 5.41) is 0. The molecule has 8 bridgehead atoms. The summed E-state index contributed by atoms with van der Waals surface area (Å²) in [6.07, 6.45) is 16.4. The van der Waals surface area contributed by atoms with Gasteiger partial charge < -0.3 is 0 Å². The van der Waals surface area contributed by atoms with Gasteiger partial charge >= 0.3 is 0 Å². The summed E-state index contributed by atoms with van der Waals surface area (Å²) in [6, 6.07) is 55.1. The van der Waals surface area contributed by atoms with Crippen LogP contribution in [-0.2, 0) is 10.8 Å². The van der Waals surface area contributed by atoms with Gasteiger partial charge in [0.1, 0.15) is 0 Å². The van der Waals surface area contributed by atoms with Gasteiger partial charge in [0.2, 0.25) is 0 Å². The van der Waals surface area contributed by atoms with Gasteiger partial charge in [0.15, 0.2) is 0 Å². The van der Waals surface area contributed by atoms with Crippen LogP contribution >= 0.6 is 0 Å². The average Bonchev–Trinajstić information content (AvgIpc) is 3.31. The maximum Gasteiger partial charge on any atom is 0.0264 e. The Bertz CT molecular complexity index is 2710. The van der Waals surface area contributed by atoms with Crippen LogP contribution in [0.5, 0.6) is 0 Å². The minimum atomic E-state index is 0.274. The predicted molar refractivity (Wildman–Crippen MR) is 281 cm³/mol. The summed E-state index contributed by atoms with van der Waals surface area (Å²) in [5.74, 6) is 29.1. The van der Waals surface area contributed by atoms with Crippen molar-refractivity contribution in [3.8, 4) is 47.4 Å². The lowest BCUT2D eigenvalue weighted by atomic mass is 9.39. The van der Waals surface area contributed by atoms with Crippen LogP contribution in [0, 0.1) is 80.9 Å².